The Labute approximate surface area is 93.2 Å². The van der Waals surface area contributed by atoms with Crippen molar-refractivity contribution in [2.24, 2.45) is 5.73 Å². The van der Waals surface area contributed by atoms with Gasteiger partial charge in [0.2, 0.25) is 11.8 Å². The van der Waals surface area contributed by atoms with E-state index in [0.717, 1.165) is 5.56 Å². The van der Waals surface area contributed by atoms with Crippen LogP contribution in [0.2, 0.25) is 0 Å². The molecule has 1 atom stereocenters. The Morgan fingerprint density at radius 1 is 1.31 bits per heavy atom. The first-order valence-corrected chi connectivity index (χ1v) is 4.91. The first kappa shape index (κ1) is 10.6. The summed E-state index contributed by atoms with van der Waals surface area (Å²) in [5, 5.41) is 7.65. The van der Waals surface area contributed by atoms with Gasteiger partial charge in [-0.3, -0.25) is 0 Å². The van der Waals surface area contributed by atoms with Crippen molar-refractivity contribution in [3.8, 4) is 5.75 Å². The van der Waals surface area contributed by atoms with Crippen LogP contribution in [0.3, 0.4) is 0 Å². The van der Waals surface area contributed by atoms with Crippen molar-refractivity contribution in [3.05, 3.63) is 41.6 Å². The highest BCUT2D eigenvalue weighted by Gasteiger charge is 2.18. The van der Waals surface area contributed by atoms with Gasteiger partial charge in [-0.1, -0.05) is 18.2 Å². The molecular weight excluding hydrogens is 206 g/mol. The Kier molecular flexibility index (Phi) is 2.87. The van der Waals surface area contributed by atoms with Crippen LogP contribution < -0.4 is 10.5 Å². The summed E-state index contributed by atoms with van der Waals surface area (Å²) in [6.45, 7) is 1.73. The van der Waals surface area contributed by atoms with E-state index in [1.807, 2.05) is 24.3 Å². The monoisotopic (exact) mass is 219 g/mol. The van der Waals surface area contributed by atoms with E-state index >= 15 is 0 Å². The standard InChI is InChI=1S/C11H13N3O2/c1-7-13-14-11(16-7)10(12)8-5-3-4-6-9(8)15-2/h3-6,10H,12H2,1-2H3/t10-/m0/s1. The van der Waals surface area contributed by atoms with Gasteiger partial charge in [0.05, 0.1) is 7.11 Å². The van der Waals surface area contributed by atoms with Gasteiger partial charge in [0, 0.05) is 12.5 Å². The van der Waals surface area contributed by atoms with Crippen LogP contribution in [-0.2, 0) is 0 Å². The molecule has 0 aliphatic carbocycles. The van der Waals surface area contributed by atoms with Gasteiger partial charge in [-0.05, 0) is 6.07 Å². The normalized spacial score (nSPS) is 12.4. The molecule has 84 valence electrons. The van der Waals surface area contributed by atoms with Gasteiger partial charge >= 0.3 is 0 Å². The lowest BCUT2D eigenvalue weighted by molar-refractivity contribution is 0.399. The molecule has 5 heteroatoms. The average Bonchev–Trinajstić information content (AvgIpc) is 2.75. The number of rotatable bonds is 3. The predicted octanol–water partition coefficient (Wildman–Crippen LogP) is 1.43. The molecule has 0 unspecified atom stereocenters. The van der Waals surface area contributed by atoms with E-state index in [9.17, 15) is 0 Å². The molecule has 2 aromatic rings. The number of nitrogens with zero attached hydrogens (tertiary/aromatic N) is 2. The van der Waals surface area contributed by atoms with E-state index < -0.39 is 6.04 Å². The third-order valence-corrected chi connectivity index (χ3v) is 2.28. The number of methoxy groups -OCH3 is 1. The lowest BCUT2D eigenvalue weighted by atomic mass is 10.1. The summed E-state index contributed by atoms with van der Waals surface area (Å²) in [6.07, 6.45) is 0. The molecule has 2 N–H and O–H groups in total. The SMILES string of the molecule is COc1ccccc1[C@H](N)c1nnc(C)o1. The third-order valence-electron chi connectivity index (χ3n) is 2.28. The van der Waals surface area contributed by atoms with Crippen molar-refractivity contribution in [2.75, 3.05) is 7.11 Å². The van der Waals surface area contributed by atoms with Crippen molar-refractivity contribution in [3.63, 3.8) is 0 Å². The summed E-state index contributed by atoms with van der Waals surface area (Å²) in [7, 11) is 1.60. The Morgan fingerprint density at radius 3 is 2.69 bits per heavy atom. The van der Waals surface area contributed by atoms with Crippen LogP contribution in [0.4, 0.5) is 0 Å². The lowest BCUT2D eigenvalue weighted by Gasteiger charge is -2.11. The molecule has 1 heterocycles. The molecule has 0 saturated carbocycles. The van der Waals surface area contributed by atoms with Crippen molar-refractivity contribution < 1.29 is 9.15 Å². The van der Waals surface area contributed by atoms with Crippen LogP contribution in [0.5, 0.6) is 5.75 Å². The molecule has 0 saturated heterocycles. The summed E-state index contributed by atoms with van der Waals surface area (Å²) in [5.74, 6) is 1.60. The largest absolute Gasteiger partial charge is 0.496 e. The molecule has 0 spiro atoms. The van der Waals surface area contributed by atoms with Crippen LogP contribution in [-0.4, -0.2) is 17.3 Å². The van der Waals surface area contributed by atoms with Crippen molar-refractivity contribution >= 4 is 0 Å². The molecule has 0 amide bonds. The third kappa shape index (κ3) is 1.90. The van der Waals surface area contributed by atoms with Gasteiger partial charge < -0.3 is 14.9 Å². The molecule has 1 aromatic carbocycles. The minimum Gasteiger partial charge on any atom is -0.496 e. The van der Waals surface area contributed by atoms with Gasteiger partial charge in [-0.2, -0.15) is 0 Å². The van der Waals surface area contributed by atoms with E-state index in [1.165, 1.54) is 0 Å². The van der Waals surface area contributed by atoms with Crippen molar-refractivity contribution in [2.45, 2.75) is 13.0 Å². The highest BCUT2D eigenvalue weighted by molar-refractivity contribution is 5.37. The summed E-state index contributed by atoms with van der Waals surface area (Å²) < 4.78 is 10.5. The van der Waals surface area contributed by atoms with Crippen LogP contribution >= 0.6 is 0 Å². The minimum absolute atomic E-state index is 0.391. The van der Waals surface area contributed by atoms with E-state index in [0.29, 0.717) is 17.5 Å². The number of hydrogen-bond acceptors (Lipinski definition) is 5. The molecule has 5 nitrogen and oxygen atoms in total. The molecule has 0 radical (unpaired) electrons. The second kappa shape index (κ2) is 4.32. The van der Waals surface area contributed by atoms with Gasteiger partial charge in [0.15, 0.2) is 0 Å². The Bertz CT molecular complexity index is 482. The zero-order valence-corrected chi connectivity index (χ0v) is 9.18. The maximum atomic E-state index is 6.03. The van der Waals surface area contributed by atoms with Gasteiger partial charge in [-0.15, -0.1) is 10.2 Å². The molecule has 2 rings (SSSR count). The number of para-hydroxylation sites is 1. The van der Waals surface area contributed by atoms with E-state index in [-0.39, 0.29) is 0 Å². The second-order valence-electron chi connectivity index (χ2n) is 3.38. The zero-order chi connectivity index (χ0) is 11.5. The van der Waals surface area contributed by atoms with Crippen LogP contribution in [0.1, 0.15) is 23.4 Å². The number of ether oxygens (including phenoxy) is 1. The number of aryl methyl sites for hydroxylation is 1. The quantitative estimate of drug-likeness (QED) is 0.845. The maximum Gasteiger partial charge on any atom is 0.237 e. The molecule has 0 fully saturated rings. The fraction of sp³-hybridized carbons (Fsp3) is 0.273. The minimum atomic E-state index is -0.461. The molecule has 0 aliphatic heterocycles. The van der Waals surface area contributed by atoms with Crippen molar-refractivity contribution in [1.29, 1.82) is 0 Å². The molecular formula is C11H13N3O2. The first-order valence-electron chi connectivity index (χ1n) is 4.91. The van der Waals surface area contributed by atoms with Crippen molar-refractivity contribution in [1.82, 2.24) is 10.2 Å². The predicted molar refractivity (Wildman–Crippen MR) is 58.1 cm³/mol. The van der Waals surface area contributed by atoms with Crippen LogP contribution in [0, 0.1) is 6.92 Å². The summed E-state index contributed by atoms with van der Waals surface area (Å²) in [4.78, 5) is 0. The smallest absolute Gasteiger partial charge is 0.237 e. The molecule has 16 heavy (non-hydrogen) atoms. The summed E-state index contributed by atoms with van der Waals surface area (Å²) in [6, 6.07) is 7.04. The average molecular weight is 219 g/mol. The van der Waals surface area contributed by atoms with Crippen LogP contribution in [0.15, 0.2) is 28.7 Å². The molecule has 0 bridgehead atoms. The Balaban J connectivity index is 2.36. The number of hydrogen-bond donors (Lipinski definition) is 1. The van der Waals surface area contributed by atoms with E-state index in [1.54, 1.807) is 14.0 Å². The molecule has 1 aromatic heterocycles. The van der Waals surface area contributed by atoms with Gasteiger partial charge in [0.25, 0.3) is 0 Å². The highest BCUT2D eigenvalue weighted by Crippen LogP contribution is 2.26. The fourth-order valence-electron chi connectivity index (χ4n) is 1.49. The number of benzene rings is 1. The van der Waals surface area contributed by atoms with Crippen LogP contribution in [0.25, 0.3) is 0 Å². The number of nitrogens with two attached hydrogens (primary N) is 1. The first-order chi connectivity index (χ1) is 7.72. The highest BCUT2D eigenvalue weighted by atomic mass is 16.5. The fourth-order valence-corrected chi connectivity index (χ4v) is 1.49. The lowest BCUT2D eigenvalue weighted by Crippen LogP contribution is -2.13. The Hall–Kier alpha value is -1.88. The second-order valence-corrected chi connectivity index (χ2v) is 3.38. The molecule has 0 aliphatic rings. The van der Waals surface area contributed by atoms with E-state index in [2.05, 4.69) is 10.2 Å². The Morgan fingerprint density at radius 2 is 2.06 bits per heavy atom. The maximum absolute atomic E-state index is 6.03. The van der Waals surface area contributed by atoms with Gasteiger partial charge in [0.1, 0.15) is 11.8 Å². The van der Waals surface area contributed by atoms with E-state index in [4.69, 9.17) is 14.9 Å². The van der Waals surface area contributed by atoms with Gasteiger partial charge in [-0.25, -0.2) is 0 Å². The summed E-state index contributed by atoms with van der Waals surface area (Å²) in [5.41, 5.74) is 6.86. The zero-order valence-electron chi connectivity index (χ0n) is 9.18. The number of aromatic nitrogens is 2. The topological polar surface area (TPSA) is 74.2 Å². The summed E-state index contributed by atoms with van der Waals surface area (Å²) >= 11 is 0.